The molecular weight excluding hydrogens is 254 g/mol. The lowest BCUT2D eigenvalue weighted by Crippen LogP contribution is -2.39. The average molecular weight is 271 g/mol. The Bertz CT molecular complexity index is 609. The van der Waals surface area contributed by atoms with Crippen molar-refractivity contribution in [3.05, 3.63) is 47.2 Å². The van der Waals surface area contributed by atoms with Crippen molar-refractivity contribution in [2.75, 3.05) is 6.54 Å². The van der Waals surface area contributed by atoms with E-state index in [1.165, 1.54) is 5.56 Å². The summed E-state index contributed by atoms with van der Waals surface area (Å²) in [5.41, 5.74) is 3.62. The maximum absolute atomic E-state index is 12.4. The number of amides is 3. The number of carbonyl (C=O) groups excluding carboxylic acids is 2. The highest BCUT2D eigenvalue weighted by Gasteiger charge is 2.32. The van der Waals surface area contributed by atoms with Gasteiger partial charge < -0.3 is 15.5 Å². The highest BCUT2D eigenvalue weighted by atomic mass is 16.2. The number of urea groups is 1. The van der Waals surface area contributed by atoms with Crippen LogP contribution in [0.15, 0.2) is 30.5 Å². The minimum Gasteiger partial charge on any atom is -0.332 e. The van der Waals surface area contributed by atoms with Crippen LogP contribution in [-0.4, -0.2) is 29.4 Å². The second-order valence-electron chi connectivity index (χ2n) is 5.21. The summed E-state index contributed by atoms with van der Waals surface area (Å²) in [4.78, 5) is 25.4. The predicted molar refractivity (Wildman–Crippen MR) is 75.2 cm³/mol. The van der Waals surface area contributed by atoms with E-state index in [1.807, 2.05) is 12.1 Å². The topological polar surface area (TPSA) is 61.4 Å². The molecule has 3 rings (SSSR count). The van der Waals surface area contributed by atoms with Crippen LogP contribution in [0.25, 0.3) is 0 Å². The molecule has 0 spiro atoms. The molecule has 0 radical (unpaired) electrons. The Kier molecular flexibility index (Phi) is 2.97. The third-order valence-corrected chi connectivity index (χ3v) is 3.86. The molecule has 2 aliphatic rings. The monoisotopic (exact) mass is 271 g/mol. The van der Waals surface area contributed by atoms with Crippen LogP contribution in [-0.2, 0) is 13.0 Å². The minimum atomic E-state index is -0.252. The fraction of sp³-hybridized carbons (Fsp3) is 0.333. The molecule has 20 heavy (non-hydrogen) atoms. The van der Waals surface area contributed by atoms with Crippen LogP contribution in [0.5, 0.6) is 0 Å². The number of aryl methyl sites for hydroxylation is 1. The summed E-state index contributed by atoms with van der Waals surface area (Å²) >= 11 is 0. The maximum atomic E-state index is 12.4. The number of rotatable bonds is 3. The molecule has 5 nitrogen and oxygen atoms in total. The number of hydrogen-bond donors (Lipinski definition) is 2. The summed E-state index contributed by atoms with van der Waals surface area (Å²) in [5, 5.41) is 5.37. The molecule has 1 aromatic carbocycles. The van der Waals surface area contributed by atoms with Gasteiger partial charge in [-0.05, 0) is 23.6 Å². The molecule has 3 amide bonds. The van der Waals surface area contributed by atoms with Crippen molar-refractivity contribution < 1.29 is 9.59 Å². The van der Waals surface area contributed by atoms with Crippen LogP contribution in [0.4, 0.5) is 4.79 Å². The zero-order valence-corrected chi connectivity index (χ0v) is 11.4. The third kappa shape index (κ3) is 2.05. The Morgan fingerprint density at radius 2 is 2.20 bits per heavy atom. The van der Waals surface area contributed by atoms with Gasteiger partial charge in [0.15, 0.2) is 0 Å². The van der Waals surface area contributed by atoms with Gasteiger partial charge in [-0.15, -0.1) is 0 Å². The van der Waals surface area contributed by atoms with Crippen molar-refractivity contribution >= 4 is 11.9 Å². The van der Waals surface area contributed by atoms with Gasteiger partial charge in [-0.25, -0.2) is 4.79 Å². The molecule has 5 heteroatoms. The largest absolute Gasteiger partial charge is 0.332 e. The summed E-state index contributed by atoms with van der Waals surface area (Å²) in [5.74, 6) is 0.0317. The molecule has 1 fully saturated rings. The normalized spacial score (nSPS) is 20.9. The van der Waals surface area contributed by atoms with Crippen LogP contribution < -0.4 is 10.6 Å². The first kappa shape index (κ1) is 12.7. The molecule has 1 saturated heterocycles. The van der Waals surface area contributed by atoms with Crippen LogP contribution >= 0.6 is 0 Å². The molecule has 0 bridgehead atoms. The summed E-state index contributed by atoms with van der Waals surface area (Å²) in [6.45, 7) is 6.92. The van der Waals surface area contributed by atoms with Crippen LogP contribution in [0.2, 0.25) is 0 Å². The third-order valence-electron chi connectivity index (χ3n) is 3.86. The van der Waals surface area contributed by atoms with E-state index < -0.39 is 0 Å². The van der Waals surface area contributed by atoms with Gasteiger partial charge in [0.25, 0.3) is 5.91 Å². The van der Waals surface area contributed by atoms with Gasteiger partial charge in [-0.2, -0.15) is 0 Å². The van der Waals surface area contributed by atoms with Gasteiger partial charge in [-0.3, -0.25) is 4.79 Å². The van der Waals surface area contributed by atoms with E-state index in [-0.39, 0.29) is 18.0 Å². The lowest BCUT2D eigenvalue weighted by atomic mass is 10.0. The number of carbonyl (C=O) groups is 2. The van der Waals surface area contributed by atoms with E-state index in [0.29, 0.717) is 18.8 Å². The molecule has 104 valence electrons. The number of hydrogen-bond acceptors (Lipinski definition) is 2. The standard InChI is InChI=1S/C15H17N3O2/c1-3-10-4-5-11-7-18(14(19)12(11)6-10)8-13-9(2)16-15(20)17-13/h4-6,13H,2-3,7-8H2,1H3,(H2,16,17,20). The smallest absolute Gasteiger partial charge is 0.319 e. The summed E-state index contributed by atoms with van der Waals surface area (Å²) in [6, 6.07) is 5.58. The number of nitrogens with one attached hydrogen (secondary N) is 2. The van der Waals surface area contributed by atoms with E-state index >= 15 is 0 Å². The molecule has 0 aromatic heterocycles. The second-order valence-corrected chi connectivity index (χ2v) is 5.21. The summed E-state index contributed by atoms with van der Waals surface area (Å²) in [6.07, 6.45) is 0.917. The van der Waals surface area contributed by atoms with E-state index in [9.17, 15) is 9.59 Å². The van der Waals surface area contributed by atoms with Gasteiger partial charge in [0.05, 0.1) is 6.04 Å². The predicted octanol–water partition coefficient (Wildman–Crippen LogP) is 1.40. The molecule has 2 N–H and O–H groups in total. The van der Waals surface area contributed by atoms with Gasteiger partial charge in [0.2, 0.25) is 0 Å². The molecule has 2 aliphatic heterocycles. The SMILES string of the molecule is C=C1NC(=O)NC1CN1Cc2ccc(CC)cc2C1=O. The van der Waals surface area contributed by atoms with Crippen molar-refractivity contribution in [2.45, 2.75) is 25.9 Å². The van der Waals surface area contributed by atoms with Gasteiger partial charge >= 0.3 is 6.03 Å². The van der Waals surface area contributed by atoms with Crippen molar-refractivity contribution in [1.82, 2.24) is 15.5 Å². The molecule has 1 atom stereocenters. The quantitative estimate of drug-likeness (QED) is 0.873. The van der Waals surface area contributed by atoms with E-state index in [0.717, 1.165) is 17.5 Å². The van der Waals surface area contributed by atoms with Gasteiger partial charge in [-0.1, -0.05) is 25.6 Å². The van der Waals surface area contributed by atoms with E-state index in [4.69, 9.17) is 0 Å². The fourth-order valence-electron chi connectivity index (χ4n) is 2.67. The van der Waals surface area contributed by atoms with Crippen molar-refractivity contribution in [1.29, 1.82) is 0 Å². The van der Waals surface area contributed by atoms with Crippen LogP contribution in [0, 0.1) is 0 Å². The molecule has 0 aliphatic carbocycles. The molecule has 0 saturated carbocycles. The zero-order valence-electron chi connectivity index (χ0n) is 11.4. The Morgan fingerprint density at radius 3 is 2.85 bits per heavy atom. The average Bonchev–Trinajstić information content (AvgIpc) is 2.91. The zero-order chi connectivity index (χ0) is 14.3. The highest BCUT2D eigenvalue weighted by molar-refractivity contribution is 5.98. The van der Waals surface area contributed by atoms with Crippen LogP contribution in [0.3, 0.4) is 0 Å². The fourth-order valence-corrected chi connectivity index (χ4v) is 2.67. The van der Waals surface area contributed by atoms with Crippen molar-refractivity contribution in [3.63, 3.8) is 0 Å². The maximum Gasteiger partial charge on any atom is 0.319 e. The Labute approximate surface area is 117 Å². The molecule has 1 unspecified atom stereocenters. The minimum absolute atomic E-state index is 0.0317. The Hall–Kier alpha value is -2.30. The highest BCUT2D eigenvalue weighted by Crippen LogP contribution is 2.25. The second kappa shape index (κ2) is 4.67. The summed E-state index contributed by atoms with van der Waals surface area (Å²) < 4.78 is 0. The first-order valence-electron chi connectivity index (χ1n) is 6.76. The lowest BCUT2D eigenvalue weighted by molar-refractivity contribution is 0.0771. The Morgan fingerprint density at radius 1 is 1.40 bits per heavy atom. The first-order valence-corrected chi connectivity index (χ1v) is 6.76. The summed E-state index contributed by atoms with van der Waals surface area (Å²) in [7, 11) is 0. The van der Waals surface area contributed by atoms with Crippen LogP contribution in [0.1, 0.15) is 28.4 Å². The molecule has 2 heterocycles. The van der Waals surface area contributed by atoms with Crippen molar-refractivity contribution in [3.8, 4) is 0 Å². The van der Waals surface area contributed by atoms with Gasteiger partial charge in [0.1, 0.15) is 0 Å². The number of nitrogens with zero attached hydrogens (tertiary/aromatic N) is 1. The molecule has 1 aromatic rings. The first-order chi connectivity index (χ1) is 9.58. The van der Waals surface area contributed by atoms with Crippen molar-refractivity contribution in [2.24, 2.45) is 0 Å². The Balaban J connectivity index is 1.77. The number of fused-ring (bicyclic) bond motifs is 1. The van der Waals surface area contributed by atoms with E-state index in [1.54, 1.807) is 4.90 Å². The van der Waals surface area contributed by atoms with Gasteiger partial charge in [0, 0.05) is 24.4 Å². The van der Waals surface area contributed by atoms with E-state index in [2.05, 4.69) is 30.2 Å². The molecular formula is C15H17N3O2. The number of benzene rings is 1. The lowest BCUT2D eigenvalue weighted by Gasteiger charge is -2.20.